The van der Waals surface area contributed by atoms with Crippen molar-refractivity contribution in [2.45, 2.75) is 301 Å². The monoisotopic (exact) mass is 1370 g/mol. The quantitative estimate of drug-likeness (QED) is 0.0452. The summed E-state index contributed by atoms with van der Waals surface area (Å²) in [6.45, 7) is 7.25. The van der Waals surface area contributed by atoms with Gasteiger partial charge in [-0.15, -0.1) is 0 Å². The maximum Gasteiger partial charge on any atom is 0.217 e. The molecular formula is C56H96N2O36. The van der Waals surface area contributed by atoms with Gasteiger partial charge in [-0.3, -0.25) is 9.59 Å². The smallest absolute Gasteiger partial charge is 0.217 e. The van der Waals surface area contributed by atoms with E-state index in [-0.39, 0.29) is 6.61 Å². The van der Waals surface area contributed by atoms with Crippen LogP contribution in [0.15, 0.2) is 0 Å². The number of ether oxygens (including phenoxy) is 16. The van der Waals surface area contributed by atoms with Gasteiger partial charge < -0.3 is 178 Å². The van der Waals surface area contributed by atoms with Crippen LogP contribution in [0.4, 0.5) is 0 Å². The summed E-state index contributed by atoms with van der Waals surface area (Å²) < 4.78 is 98.4. The largest absolute Gasteiger partial charge is 0.394 e. The SMILES string of the molecule is CCCO[C@@H]1OC(C)[C@H](O)[C@H](O[C@H]2O[C@@H](CO)[C@@H](O)C(O)C2O)C1O[C@@H]1OC(CO)[C@@H](O)[C@H](O[C@@H]2OC(C)[C@H](O)[C@H](O[C@@H]3OC(C)[C@H](O)[C@H](O)C3O[C@@H]3OC(C)[C@H](O)[C@H](O[C@H]4O[C@@H](CO)[C@@H](O)C(O)C4O)C3O[C@@H]3OC(CO)[C@@H](O)[C@H](O)C3NC(C)=O)C2C)C1NC(C)=O. The Kier molecular flexibility index (Phi) is 27.5. The van der Waals surface area contributed by atoms with Crippen molar-refractivity contribution < 1.29 is 177 Å². The summed E-state index contributed by atoms with van der Waals surface area (Å²) in [5.74, 6) is -2.79. The molecule has 0 aromatic carbocycles. The molecule has 8 rings (SSSR count). The number of aliphatic hydroxyl groups is 18. The van der Waals surface area contributed by atoms with Gasteiger partial charge in [-0.25, -0.2) is 0 Å². The first-order valence-corrected chi connectivity index (χ1v) is 31.4. The maximum atomic E-state index is 13.2. The lowest BCUT2D eigenvalue weighted by atomic mass is 9.91. The summed E-state index contributed by atoms with van der Waals surface area (Å²) in [4.78, 5) is 25.8. The Morgan fingerprint density at radius 2 is 0.660 bits per heavy atom. The number of aliphatic hydroxyl groups excluding tert-OH is 18. The molecule has 2 amide bonds. The van der Waals surface area contributed by atoms with Crippen molar-refractivity contribution in [2.24, 2.45) is 5.92 Å². The van der Waals surface area contributed by atoms with E-state index in [2.05, 4.69) is 10.6 Å². The van der Waals surface area contributed by atoms with Crippen LogP contribution in [0.1, 0.15) is 61.8 Å². The lowest BCUT2D eigenvalue weighted by molar-refractivity contribution is -0.408. The summed E-state index contributed by atoms with van der Waals surface area (Å²) in [5, 5.41) is 204. The minimum absolute atomic E-state index is 0.0183. The molecule has 0 radical (unpaired) electrons. The highest BCUT2D eigenvalue weighted by Crippen LogP contribution is 2.41. The predicted molar refractivity (Wildman–Crippen MR) is 299 cm³/mol. The topological polar surface area (TPSA) is 570 Å². The molecule has 0 saturated carbocycles. The van der Waals surface area contributed by atoms with Crippen molar-refractivity contribution >= 4 is 11.8 Å². The van der Waals surface area contributed by atoms with Crippen molar-refractivity contribution in [3.8, 4) is 0 Å². The van der Waals surface area contributed by atoms with Crippen LogP contribution in [-0.2, 0) is 85.4 Å². The molecule has 38 heteroatoms. The van der Waals surface area contributed by atoms with Gasteiger partial charge in [0.1, 0.15) is 159 Å². The first-order chi connectivity index (χ1) is 44.4. The van der Waals surface area contributed by atoms with E-state index < -0.39 is 284 Å². The van der Waals surface area contributed by atoms with Crippen molar-refractivity contribution in [3.63, 3.8) is 0 Å². The molecule has 94 heavy (non-hydrogen) atoms. The molecule has 0 bridgehead atoms. The molecule has 0 aromatic heterocycles. The van der Waals surface area contributed by atoms with Gasteiger partial charge in [0.05, 0.1) is 56.9 Å². The second-order valence-corrected chi connectivity index (χ2v) is 25.0. The number of rotatable bonds is 23. The Balaban J connectivity index is 1.10. The number of nitrogens with one attached hydrogen (secondary N) is 2. The molecule has 0 spiro atoms. The Labute approximate surface area is 538 Å². The fourth-order valence-corrected chi connectivity index (χ4v) is 12.6. The average Bonchev–Trinajstić information content (AvgIpc) is 0.771. The molecule has 40 atom stereocenters. The second kappa shape index (κ2) is 33.4. The minimum Gasteiger partial charge on any atom is -0.394 e. The second-order valence-electron chi connectivity index (χ2n) is 25.0. The molecule has 20 N–H and O–H groups in total. The van der Waals surface area contributed by atoms with E-state index in [9.17, 15) is 102 Å². The molecule has 0 aromatic rings. The van der Waals surface area contributed by atoms with Gasteiger partial charge in [0.25, 0.3) is 0 Å². The Bertz CT molecular complexity index is 2360. The summed E-state index contributed by atoms with van der Waals surface area (Å²) in [5.41, 5.74) is 0. The zero-order valence-corrected chi connectivity index (χ0v) is 52.7. The minimum atomic E-state index is -2.10. The van der Waals surface area contributed by atoms with Gasteiger partial charge in [0.15, 0.2) is 50.3 Å². The number of carbonyl (C=O) groups is 2. The van der Waals surface area contributed by atoms with E-state index in [4.69, 9.17) is 75.8 Å². The van der Waals surface area contributed by atoms with Crippen LogP contribution in [0.2, 0.25) is 0 Å². The third kappa shape index (κ3) is 16.6. The fourth-order valence-electron chi connectivity index (χ4n) is 12.6. The Morgan fingerprint density at radius 3 is 1.13 bits per heavy atom. The first kappa shape index (κ1) is 77.3. The number of hydrogen-bond donors (Lipinski definition) is 20. The van der Waals surface area contributed by atoms with Gasteiger partial charge in [0, 0.05) is 26.4 Å². The fraction of sp³-hybridized carbons (Fsp3) is 0.964. The van der Waals surface area contributed by atoms with Crippen LogP contribution in [0.3, 0.4) is 0 Å². The molecule has 8 heterocycles. The van der Waals surface area contributed by atoms with Gasteiger partial charge in [-0.05, 0) is 34.1 Å². The Hall–Kier alpha value is -2.42. The highest BCUT2D eigenvalue weighted by Gasteiger charge is 2.60. The summed E-state index contributed by atoms with van der Waals surface area (Å²) in [7, 11) is 0. The van der Waals surface area contributed by atoms with Crippen LogP contribution < -0.4 is 10.6 Å². The van der Waals surface area contributed by atoms with E-state index >= 15 is 0 Å². The highest BCUT2D eigenvalue weighted by molar-refractivity contribution is 5.73. The molecule has 8 saturated heterocycles. The number of carbonyl (C=O) groups excluding carboxylic acids is 2. The van der Waals surface area contributed by atoms with Gasteiger partial charge >= 0.3 is 0 Å². The van der Waals surface area contributed by atoms with E-state index in [1.165, 1.54) is 34.6 Å². The molecular weight excluding hydrogens is 1280 g/mol. The molecule has 8 aliphatic rings. The van der Waals surface area contributed by atoms with E-state index in [1.54, 1.807) is 6.92 Å². The average molecular weight is 1370 g/mol. The van der Waals surface area contributed by atoms with Crippen LogP contribution >= 0.6 is 0 Å². The van der Waals surface area contributed by atoms with Crippen molar-refractivity contribution in [1.82, 2.24) is 10.6 Å². The van der Waals surface area contributed by atoms with Crippen LogP contribution in [-0.4, -0.2) is 376 Å². The van der Waals surface area contributed by atoms with E-state index in [0.29, 0.717) is 6.42 Å². The maximum absolute atomic E-state index is 13.2. The zero-order valence-electron chi connectivity index (χ0n) is 52.7. The summed E-state index contributed by atoms with van der Waals surface area (Å²) >= 11 is 0. The molecule has 8 fully saturated rings. The van der Waals surface area contributed by atoms with Gasteiger partial charge in [-0.1, -0.05) is 13.8 Å². The first-order valence-electron chi connectivity index (χ1n) is 31.4. The third-order valence-corrected chi connectivity index (χ3v) is 18.1. The molecule has 16 unspecified atom stereocenters. The van der Waals surface area contributed by atoms with Crippen LogP contribution in [0.5, 0.6) is 0 Å². The van der Waals surface area contributed by atoms with Crippen molar-refractivity contribution in [1.29, 1.82) is 0 Å². The molecule has 546 valence electrons. The molecule has 0 aliphatic carbocycles. The normalized spacial score (nSPS) is 51.2. The van der Waals surface area contributed by atoms with Gasteiger partial charge in [0.2, 0.25) is 11.8 Å². The number of amides is 2. The summed E-state index contributed by atoms with van der Waals surface area (Å²) in [6, 6.07) is -3.32. The lowest BCUT2D eigenvalue weighted by Crippen LogP contribution is -2.70. The summed E-state index contributed by atoms with van der Waals surface area (Å²) in [6.07, 6.45) is -64.4. The van der Waals surface area contributed by atoms with E-state index in [0.717, 1.165) is 13.8 Å². The zero-order chi connectivity index (χ0) is 69.2. The standard InChI is InChI=1S/C56H96N2O36/c1-9-10-79-54-47(44(30(67)18(5)81-54)90-52-40(77)37(74)33(70)23(12-60)86-52)93-51-27(58-21(8)64)43(35(72)25(14-62)85-51)89-49-15(2)42(29(66)17(4)80-49)88-55-46(39(76)28(65)16(3)82-55)92-56-48(94-50-26(57-20(7)63)36(73)32(69)22(11-59)84-50)45(31(68)19(6)83-56)91-53-41(78)38(75)34(71)24(13-61)87-53/h15-19,22-56,59-62,65-78H,9-14H2,1-8H3,(H,57,63)(H,58,64)/t15?,16?,17?,18?,19?,22?,23-,24-,25?,26?,27?,28-,29-,30-,31-,32+,33+,34+,35+,36+,37?,38?,39-,40?,41?,42+,43+,44-,45-,46?,47?,48?,49-,50-,51-,52+,53+,54+,55-,56-/m0/s1. The highest BCUT2D eigenvalue weighted by atomic mass is 16.8. The Morgan fingerprint density at radius 1 is 0.319 bits per heavy atom. The predicted octanol–water partition coefficient (Wildman–Crippen LogP) is -11.3. The third-order valence-electron chi connectivity index (χ3n) is 18.1. The van der Waals surface area contributed by atoms with Crippen LogP contribution in [0, 0.1) is 5.92 Å². The van der Waals surface area contributed by atoms with Crippen molar-refractivity contribution in [3.05, 3.63) is 0 Å². The molecule has 8 aliphatic heterocycles. The van der Waals surface area contributed by atoms with Crippen LogP contribution in [0.25, 0.3) is 0 Å². The number of hydrogen-bond acceptors (Lipinski definition) is 36. The van der Waals surface area contributed by atoms with Crippen molar-refractivity contribution in [2.75, 3.05) is 33.0 Å². The van der Waals surface area contributed by atoms with E-state index in [1.807, 2.05) is 0 Å². The van der Waals surface area contributed by atoms with Gasteiger partial charge in [-0.2, -0.15) is 0 Å². The lowest BCUT2D eigenvalue weighted by Gasteiger charge is -2.52. The molecule has 38 nitrogen and oxygen atoms in total.